The molecule has 0 saturated carbocycles. The largest absolute Gasteiger partial charge is 0.397 e. The molecule has 2 N–H and O–H groups in total. The van der Waals surface area contributed by atoms with Crippen molar-refractivity contribution < 1.29 is 0 Å². The van der Waals surface area contributed by atoms with Crippen LogP contribution in [0.4, 0.5) is 5.69 Å². The molecule has 0 aliphatic carbocycles. The minimum absolute atomic E-state index is 0.463. The Morgan fingerprint density at radius 2 is 1.95 bits per heavy atom. The Hall–Kier alpha value is -1.09. The summed E-state index contributed by atoms with van der Waals surface area (Å²) in [5, 5.41) is 0. The van der Waals surface area contributed by atoms with Gasteiger partial charge in [-0.2, -0.15) is 0 Å². The Bertz CT molecular complexity index is 383. The highest BCUT2D eigenvalue weighted by atomic mass is 15.1. The van der Waals surface area contributed by atoms with Gasteiger partial charge in [0.05, 0.1) is 11.9 Å². The number of anilines is 1. The number of piperidine rings is 1. The number of likely N-dealkylation sites (tertiary alicyclic amines) is 1. The van der Waals surface area contributed by atoms with Gasteiger partial charge in [-0.25, -0.2) is 0 Å². The lowest BCUT2D eigenvalue weighted by molar-refractivity contribution is 0.113. The van der Waals surface area contributed by atoms with Crippen molar-refractivity contribution in [3.63, 3.8) is 0 Å². The monoisotopic (exact) mass is 261 g/mol. The molecule has 19 heavy (non-hydrogen) atoms. The van der Waals surface area contributed by atoms with Gasteiger partial charge in [0.15, 0.2) is 0 Å². The molecule has 0 radical (unpaired) electrons. The minimum Gasteiger partial charge on any atom is -0.397 e. The quantitative estimate of drug-likeness (QED) is 0.909. The lowest BCUT2D eigenvalue weighted by atomic mass is 9.75. The van der Waals surface area contributed by atoms with Crippen LogP contribution in [0.15, 0.2) is 18.3 Å². The number of rotatable bonds is 3. The van der Waals surface area contributed by atoms with Gasteiger partial charge < -0.3 is 10.6 Å². The van der Waals surface area contributed by atoms with Crippen molar-refractivity contribution in [3.05, 3.63) is 24.0 Å². The number of nitrogen functional groups attached to an aromatic ring is 1. The van der Waals surface area contributed by atoms with Crippen LogP contribution in [0, 0.1) is 11.3 Å². The maximum atomic E-state index is 5.65. The SMILES string of the molecule is CC(C)(C)C1CCN(CCc2ccc(N)cn2)CC1. The molecule has 0 aromatic carbocycles. The highest BCUT2D eigenvalue weighted by Crippen LogP contribution is 2.34. The Morgan fingerprint density at radius 3 is 2.47 bits per heavy atom. The summed E-state index contributed by atoms with van der Waals surface area (Å²) in [5.41, 5.74) is 8.00. The molecule has 1 fully saturated rings. The van der Waals surface area contributed by atoms with Crippen LogP contribution in [0.3, 0.4) is 0 Å². The van der Waals surface area contributed by atoms with Crippen LogP contribution >= 0.6 is 0 Å². The molecule has 1 aromatic rings. The fourth-order valence-electron chi connectivity index (χ4n) is 2.88. The van der Waals surface area contributed by atoms with E-state index in [-0.39, 0.29) is 0 Å². The third-order valence-corrected chi connectivity index (χ3v) is 4.34. The van der Waals surface area contributed by atoms with E-state index in [0.717, 1.165) is 30.3 Å². The molecular weight excluding hydrogens is 234 g/mol. The molecule has 0 spiro atoms. The van der Waals surface area contributed by atoms with Gasteiger partial charge in [0, 0.05) is 18.7 Å². The van der Waals surface area contributed by atoms with Crippen LogP contribution in [0.5, 0.6) is 0 Å². The van der Waals surface area contributed by atoms with Crippen LogP contribution in [0.1, 0.15) is 39.3 Å². The summed E-state index contributed by atoms with van der Waals surface area (Å²) in [4.78, 5) is 6.93. The molecule has 1 saturated heterocycles. The fraction of sp³-hybridized carbons (Fsp3) is 0.688. The van der Waals surface area contributed by atoms with Gasteiger partial charge in [-0.15, -0.1) is 0 Å². The second-order valence-electron chi connectivity index (χ2n) is 6.81. The number of nitrogens with zero attached hydrogens (tertiary/aromatic N) is 2. The molecule has 0 unspecified atom stereocenters. The maximum absolute atomic E-state index is 5.65. The lowest BCUT2D eigenvalue weighted by Gasteiger charge is -2.38. The van der Waals surface area contributed by atoms with E-state index >= 15 is 0 Å². The van der Waals surface area contributed by atoms with Crippen LogP contribution in [0.25, 0.3) is 0 Å². The Balaban J connectivity index is 1.75. The highest BCUT2D eigenvalue weighted by molar-refractivity contribution is 5.34. The molecule has 0 bridgehead atoms. The van der Waals surface area contributed by atoms with Gasteiger partial charge in [0.25, 0.3) is 0 Å². The third-order valence-electron chi connectivity index (χ3n) is 4.34. The van der Waals surface area contributed by atoms with Gasteiger partial charge in [-0.3, -0.25) is 4.98 Å². The molecular formula is C16H27N3. The van der Waals surface area contributed by atoms with Crippen molar-refractivity contribution in [1.29, 1.82) is 0 Å². The number of hydrogen-bond acceptors (Lipinski definition) is 3. The molecule has 3 nitrogen and oxygen atoms in total. The predicted molar refractivity (Wildman–Crippen MR) is 81.0 cm³/mol. The third kappa shape index (κ3) is 4.20. The van der Waals surface area contributed by atoms with E-state index < -0.39 is 0 Å². The van der Waals surface area contributed by atoms with Crippen molar-refractivity contribution in [1.82, 2.24) is 9.88 Å². The standard InChI is InChI=1S/C16H27N3/c1-16(2,3)13-6-9-19(10-7-13)11-8-15-5-4-14(17)12-18-15/h4-5,12-13H,6-11,17H2,1-3H3. The van der Waals surface area contributed by atoms with Crippen molar-refractivity contribution in [2.24, 2.45) is 11.3 Å². The molecule has 1 aliphatic heterocycles. The second kappa shape index (κ2) is 5.91. The van der Waals surface area contributed by atoms with Gasteiger partial charge in [0.2, 0.25) is 0 Å². The number of hydrogen-bond donors (Lipinski definition) is 1. The first-order valence-electron chi connectivity index (χ1n) is 7.38. The Labute approximate surface area is 117 Å². The smallest absolute Gasteiger partial charge is 0.0501 e. The summed E-state index contributed by atoms with van der Waals surface area (Å²) in [6.07, 6.45) is 5.44. The maximum Gasteiger partial charge on any atom is 0.0501 e. The molecule has 3 heteroatoms. The summed E-state index contributed by atoms with van der Waals surface area (Å²) in [7, 11) is 0. The molecule has 106 valence electrons. The molecule has 2 rings (SSSR count). The van der Waals surface area contributed by atoms with Gasteiger partial charge in [0.1, 0.15) is 0 Å². The molecule has 0 atom stereocenters. The summed E-state index contributed by atoms with van der Waals surface area (Å²) >= 11 is 0. The van der Waals surface area contributed by atoms with E-state index in [1.54, 1.807) is 6.20 Å². The fourth-order valence-corrected chi connectivity index (χ4v) is 2.88. The van der Waals surface area contributed by atoms with Crippen molar-refractivity contribution in [3.8, 4) is 0 Å². The Kier molecular flexibility index (Phi) is 4.46. The zero-order chi connectivity index (χ0) is 13.9. The molecule has 2 heterocycles. The van der Waals surface area contributed by atoms with E-state index in [9.17, 15) is 0 Å². The number of aromatic nitrogens is 1. The zero-order valence-corrected chi connectivity index (χ0v) is 12.5. The summed E-state index contributed by atoms with van der Waals surface area (Å²) in [6.45, 7) is 10.7. The zero-order valence-electron chi connectivity index (χ0n) is 12.5. The van der Waals surface area contributed by atoms with Gasteiger partial charge in [-0.1, -0.05) is 20.8 Å². The Morgan fingerprint density at radius 1 is 1.26 bits per heavy atom. The first kappa shape index (κ1) is 14.3. The minimum atomic E-state index is 0.463. The van der Waals surface area contributed by atoms with E-state index in [1.165, 1.54) is 25.9 Å². The molecule has 1 aromatic heterocycles. The van der Waals surface area contributed by atoms with E-state index in [4.69, 9.17) is 5.73 Å². The topological polar surface area (TPSA) is 42.1 Å². The van der Waals surface area contributed by atoms with Crippen LogP contribution in [0.2, 0.25) is 0 Å². The van der Waals surface area contributed by atoms with E-state index in [1.807, 2.05) is 12.1 Å². The van der Waals surface area contributed by atoms with Crippen LogP contribution in [-0.2, 0) is 6.42 Å². The van der Waals surface area contributed by atoms with Crippen molar-refractivity contribution in [2.75, 3.05) is 25.4 Å². The lowest BCUT2D eigenvalue weighted by Crippen LogP contribution is -2.38. The van der Waals surface area contributed by atoms with E-state index in [0.29, 0.717) is 5.41 Å². The van der Waals surface area contributed by atoms with Crippen molar-refractivity contribution >= 4 is 5.69 Å². The van der Waals surface area contributed by atoms with Crippen LogP contribution < -0.4 is 5.73 Å². The van der Waals surface area contributed by atoms with E-state index in [2.05, 4.69) is 30.7 Å². The average molecular weight is 261 g/mol. The van der Waals surface area contributed by atoms with Gasteiger partial charge >= 0.3 is 0 Å². The summed E-state index contributed by atoms with van der Waals surface area (Å²) in [5.74, 6) is 0.874. The van der Waals surface area contributed by atoms with Gasteiger partial charge in [-0.05, 0) is 49.4 Å². The number of nitrogens with two attached hydrogens (primary N) is 1. The predicted octanol–water partition coefficient (Wildman–Crippen LogP) is 2.96. The van der Waals surface area contributed by atoms with Crippen molar-refractivity contribution in [2.45, 2.75) is 40.0 Å². The molecule has 0 amide bonds. The number of pyridine rings is 1. The average Bonchev–Trinajstić information content (AvgIpc) is 2.37. The molecule has 1 aliphatic rings. The second-order valence-corrected chi connectivity index (χ2v) is 6.81. The normalized spacial score (nSPS) is 18.7. The van der Waals surface area contributed by atoms with Crippen LogP contribution in [-0.4, -0.2) is 29.5 Å². The summed E-state index contributed by atoms with van der Waals surface area (Å²) < 4.78 is 0. The highest BCUT2D eigenvalue weighted by Gasteiger charge is 2.28. The summed E-state index contributed by atoms with van der Waals surface area (Å²) in [6, 6.07) is 3.98. The first-order chi connectivity index (χ1) is 8.95. The first-order valence-corrected chi connectivity index (χ1v) is 7.38.